The minimum Gasteiger partial charge on any atom is -0.379 e. The Morgan fingerprint density at radius 1 is 1.30 bits per heavy atom. The lowest BCUT2D eigenvalue weighted by Gasteiger charge is -2.29. The maximum Gasteiger partial charge on any atom is 0.238 e. The van der Waals surface area contributed by atoms with Crippen molar-refractivity contribution in [1.82, 2.24) is 10.2 Å². The molecule has 4 nitrogen and oxygen atoms in total. The summed E-state index contributed by atoms with van der Waals surface area (Å²) in [6.07, 6.45) is 0.934. The number of carbonyl (C=O) groups excluding carboxylic acids is 1. The highest BCUT2D eigenvalue weighted by atomic mass is 16.5. The van der Waals surface area contributed by atoms with Gasteiger partial charge in [0.2, 0.25) is 5.91 Å². The number of hydrogen-bond donors (Lipinski definition) is 1. The zero-order valence-electron chi connectivity index (χ0n) is 12.1. The SMILES string of the molecule is CC(C)c1ccc(C2NCC(=O)N2C2CCOC2)cc1. The van der Waals surface area contributed by atoms with Gasteiger partial charge in [-0.25, -0.2) is 0 Å². The second-order valence-electron chi connectivity index (χ2n) is 5.92. The van der Waals surface area contributed by atoms with Gasteiger partial charge in [-0.3, -0.25) is 10.1 Å². The van der Waals surface area contributed by atoms with Gasteiger partial charge in [-0.1, -0.05) is 38.1 Å². The maximum absolute atomic E-state index is 12.1. The first-order valence-corrected chi connectivity index (χ1v) is 7.39. The molecule has 2 heterocycles. The molecular weight excluding hydrogens is 252 g/mol. The first kappa shape index (κ1) is 13.6. The van der Waals surface area contributed by atoms with Crippen LogP contribution < -0.4 is 5.32 Å². The van der Waals surface area contributed by atoms with E-state index < -0.39 is 0 Å². The number of ether oxygens (including phenoxy) is 1. The van der Waals surface area contributed by atoms with Crippen molar-refractivity contribution in [2.24, 2.45) is 0 Å². The molecule has 2 atom stereocenters. The molecule has 1 N–H and O–H groups in total. The first-order valence-electron chi connectivity index (χ1n) is 7.39. The summed E-state index contributed by atoms with van der Waals surface area (Å²) in [5.41, 5.74) is 2.49. The van der Waals surface area contributed by atoms with E-state index in [0.717, 1.165) is 18.6 Å². The Hall–Kier alpha value is -1.39. The third kappa shape index (κ3) is 2.45. The van der Waals surface area contributed by atoms with Gasteiger partial charge in [-0.05, 0) is 23.5 Å². The second-order valence-corrected chi connectivity index (χ2v) is 5.92. The maximum atomic E-state index is 12.1. The summed E-state index contributed by atoms with van der Waals surface area (Å²) in [7, 11) is 0. The lowest BCUT2D eigenvalue weighted by Crippen LogP contribution is -2.40. The molecule has 0 spiro atoms. The normalized spacial score (nSPS) is 26.8. The Labute approximate surface area is 120 Å². The van der Waals surface area contributed by atoms with Gasteiger partial charge < -0.3 is 9.64 Å². The summed E-state index contributed by atoms with van der Waals surface area (Å²) in [4.78, 5) is 14.1. The Morgan fingerprint density at radius 2 is 2.05 bits per heavy atom. The number of carbonyl (C=O) groups is 1. The third-order valence-electron chi connectivity index (χ3n) is 4.23. The molecule has 1 aromatic carbocycles. The molecule has 0 bridgehead atoms. The third-order valence-corrected chi connectivity index (χ3v) is 4.23. The number of benzene rings is 1. The van der Waals surface area contributed by atoms with E-state index in [0.29, 0.717) is 19.1 Å². The summed E-state index contributed by atoms with van der Waals surface area (Å²) >= 11 is 0. The fourth-order valence-corrected chi connectivity index (χ4v) is 3.02. The highest BCUT2D eigenvalue weighted by Gasteiger charge is 2.38. The molecule has 108 valence electrons. The monoisotopic (exact) mass is 274 g/mol. The van der Waals surface area contributed by atoms with Crippen molar-refractivity contribution in [2.75, 3.05) is 19.8 Å². The van der Waals surface area contributed by atoms with E-state index in [-0.39, 0.29) is 18.1 Å². The van der Waals surface area contributed by atoms with Crippen LogP contribution in [-0.2, 0) is 9.53 Å². The van der Waals surface area contributed by atoms with Gasteiger partial charge in [0.25, 0.3) is 0 Å². The fraction of sp³-hybridized carbons (Fsp3) is 0.562. The molecule has 0 radical (unpaired) electrons. The summed E-state index contributed by atoms with van der Waals surface area (Å²) in [6.45, 7) is 6.22. The Morgan fingerprint density at radius 3 is 2.65 bits per heavy atom. The van der Waals surface area contributed by atoms with E-state index in [4.69, 9.17) is 4.74 Å². The van der Waals surface area contributed by atoms with Crippen molar-refractivity contribution >= 4 is 5.91 Å². The van der Waals surface area contributed by atoms with Crippen LogP contribution in [0.3, 0.4) is 0 Å². The molecule has 2 saturated heterocycles. The van der Waals surface area contributed by atoms with Crippen LogP contribution in [0.15, 0.2) is 24.3 Å². The van der Waals surface area contributed by atoms with Crippen LogP contribution in [0.4, 0.5) is 0 Å². The first-order chi connectivity index (χ1) is 9.66. The number of amides is 1. The zero-order chi connectivity index (χ0) is 14.1. The van der Waals surface area contributed by atoms with Crippen molar-refractivity contribution in [3.05, 3.63) is 35.4 Å². The predicted molar refractivity (Wildman–Crippen MR) is 77.3 cm³/mol. The standard InChI is InChI=1S/C16H22N2O2/c1-11(2)12-3-5-13(6-4-12)16-17-9-15(19)18(16)14-7-8-20-10-14/h3-6,11,14,16-17H,7-10H2,1-2H3. The molecule has 4 heteroatoms. The van der Waals surface area contributed by atoms with Crippen molar-refractivity contribution < 1.29 is 9.53 Å². The van der Waals surface area contributed by atoms with E-state index in [2.05, 4.69) is 43.4 Å². The molecule has 2 aliphatic heterocycles. The molecule has 0 saturated carbocycles. The number of nitrogens with zero attached hydrogens (tertiary/aromatic N) is 1. The molecule has 2 unspecified atom stereocenters. The number of hydrogen-bond acceptors (Lipinski definition) is 3. The Bertz CT molecular complexity index is 478. The molecule has 2 aliphatic rings. The van der Waals surface area contributed by atoms with Crippen LogP contribution in [0.2, 0.25) is 0 Å². The van der Waals surface area contributed by atoms with Gasteiger partial charge in [0.05, 0.1) is 19.2 Å². The van der Waals surface area contributed by atoms with Crippen LogP contribution in [0, 0.1) is 0 Å². The van der Waals surface area contributed by atoms with Gasteiger partial charge >= 0.3 is 0 Å². The van der Waals surface area contributed by atoms with Crippen molar-refractivity contribution in [3.8, 4) is 0 Å². The smallest absolute Gasteiger partial charge is 0.238 e. The molecule has 2 fully saturated rings. The van der Waals surface area contributed by atoms with Crippen molar-refractivity contribution in [1.29, 1.82) is 0 Å². The van der Waals surface area contributed by atoms with E-state index in [9.17, 15) is 4.79 Å². The van der Waals surface area contributed by atoms with E-state index in [1.165, 1.54) is 5.56 Å². The van der Waals surface area contributed by atoms with Gasteiger partial charge in [0.15, 0.2) is 0 Å². The summed E-state index contributed by atoms with van der Waals surface area (Å²) in [6, 6.07) is 8.80. The van der Waals surface area contributed by atoms with E-state index in [1.54, 1.807) is 0 Å². The average Bonchev–Trinajstić information content (AvgIpc) is 3.07. The summed E-state index contributed by atoms with van der Waals surface area (Å²) in [5.74, 6) is 0.708. The number of rotatable bonds is 3. The Kier molecular flexibility index (Phi) is 3.76. The van der Waals surface area contributed by atoms with Gasteiger partial charge in [-0.2, -0.15) is 0 Å². The summed E-state index contributed by atoms with van der Waals surface area (Å²) in [5, 5.41) is 3.32. The van der Waals surface area contributed by atoms with Gasteiger partial charge in [0.1, 0.15) is 6.17 Å². The van der Waals surface area contributed by atoms with Crippen LogP contribution >= 0.6 is 0 Å². The van der Waals surface area contributed by atoms with Crippen molar-refractivity contribution in [3.63, 3.8) is 0 Å². The predicted octanol–water partition coefficient (Wildman–Crippen LogP) is 2.03. The van der Waals surface area contributed by atoms with Crippen LogP contribution in [0.1, 0.15) is 43.5 Å². The molecule has 0 aromatic heterocycles. The topological polar surface area (TPSA) is 41.6 Å². The zero-order valence-corrected chi connectivity index (χ0v) is 12.1. The minimum absolute atomic E-state index is 0.00425. The molecule has 1 amide bonds. The largest absolute Gasteiger partial charge is 0.379 e. The average molecular weight is 274 g/mol. The molecule has 3 rings (SSSR count). The van der Waals surface area contributed by atoms with Crippen LogP contribution in [0.5, 0.6) is 0 Å². The Balaban J connectivity index is 1.82. The number of nitrogens with one attached hydrogen (secondary N) is 1. The molecular formula is C16H22N2O2. The van der Waals surface area contributed by atoms with Crippen molar-refractivity contribution in [2.45, 2.75) is 38.4 Å². The fourth-order valence-electron chi connectivity index (χ4n) is 3.02. The molecule has 0 aliphatic carbocycles. The lowest BCUT2D eigenvalue weighted by molar-refractivity contribution is -0.130. The lowest BCUT2D eigenvalue weighted by atomic mass is 10.0. The quantitative estimate of drug-likeness (QED) is 0.917. The van der Waals surface area contributed by atoms with Gasteiger partial charge in [0, 0.05) is 6.61 Å². The van der Waals surface area contributed by atoms with Crippen LogP contribution in [-0.4, -0.2) is 36.6 Å². The second kappa shape index (κ2) is 5.54. The highest BCUT2D eigenvalue weighted by Crippen LogP contribution is 2.28. The van der Waals surface area contributed by atoms with Crippen LogP contribution in [0.25, 0.3) is 0 Å². The van der Waals surface area contributed by atoms with E-state index in [1.807, 2.05) is 4.90 Å². The van der Waals surface area contributed by atoms with E-state index >= 15 is 0 Å². The molecule has 1 aromatic rings. The summed E-state index contributed by atoms with van der Waals surface area (Å²) < 4.78 is 5.43. The van der Waals surface area contributed by atoms with Gasteiger partial charge in [-0.15, -0.1) is 0 Å². The highest BCUT2D eigenvalue weighted by molar-refractivity contribution is 5.81. The minimum atomic E-state index is -0.00425. The molecule has 20 heavy (non-hydrogen) atoms.